The van der Waals surface area contributed by atoms with E-state index in [0.29, 0.717) is 16.9 Å². The monoisotopic (exact) mass is 413 g/mol. The van der Waals surface area contributed by atoms with Gasteiger partial charge in [-0.15, -0.1) is 23.0 Å². The van der Waals surface area contributed by atoms with Crippen molar-refractivity contribution in [2.75, 3.05) is 0 Å². The Morgan fingerprint density at radius 1 is 1.20 bits per heavy atom. The first kappa shape index (κ1) is 17.4. The molecule has 0 saturated heterocycles. The third kappa shape index (κ3) is 4.15. The Labute approximate surface area is 158 Å². The van der Waals surface area contributed by atoms with E-state index in [0.717, 1.165) is 15.7 Å². The summed E-state index contributed by atoms with van der Waals surface area (Å²) in [6.45, 7) is 4.42. The van der Waals surface area contributed by atoms with Gasteiger partial charge >= 0.3 is 0 Å². The Kier molecular flexibility index (Phi) is 5.63. The largest absolute Gasteiger partial charge is 0.311 e. The molecule has 1 amide bonds. The van der Waals surface area contributed by atoms with Gasteiger partial charge in [-0.2, -0.15) is 0 Å². The number of nitrogens with one attached hydrogen (secondary N) is 1. The summed E-state index contributed by atoms with van der Waals surface area (Å²) in [7, 11) is 0. The molecule has 3 aromatic rings. The molecule has 0 unspecified atom stereocenters. The summed E-state index contributed by atoms with van der Waals surface area (Å²) in [5, 5.41) is 6.32. The van der Waals surface area contributed by atoms with Crippen molar-refractivity contribution >= 4 is 33.2 Å². The van der Waals surface area contributed by atoms with Crippen molar-refractivity contribution in [2.24, 2.45) is 5.10 Å². The minimum Gasteiger partial charge on any atom is -0.311 e. The number of carbonyl (C=O) groups excluding carboxylic acids is 1. The van der Waals surface area contributed by atoms with Gasteiger partial charge in [-0.3, -0.25) is 4.79 Å². The lowest BCUT2D eigenvalue weighted by Crippen LogP contribution is -2.24. The Hall–Kier alpha value is -2.44. The summed E-state index contributed by atoms with van der Waals surface area (Å²) in [6.07, 6.45) is 1.81. The number of hydrogen-bond donors (Lipinski definition) is 1. The van der Waals surface area contributed by atoms with Crippen molar-refractivity contribution in [1.29, 1.82) is 0 Å². The molecule has 1 heterocycles. The molecule has 0 aliphatic heterocycles. The topological polar surface area (TPSA) is 46.4 Å². The highest BCUT2D eigenvalue weighted by Crippen LogP contribution is 2.19. The standard InChI is InChI=1S/C19H16BrN3OS/c1-2-12-23-17(14-6-4-3-5-7-14)13-25-19(23)22-21-18(24)15-8-10-16(20)11-9-15/h2-11,13H,1,12H2,(H,21,24)/b22-19-. The van der Waals surface area contributed by atoms with Crippen LogP contribution in [0.3, 0.4) is 0 Å². The number of rotatable bonds is 5. The average molecular weight is 414 g/mol. The van der Waals surface area contributed by atoms with Crippen LogP contribution >= 0.6 is 27.3 Å². The summed E-state index contributed by atoms with van der Waals surface area (Å²) in [5.41, 5.74) is 5.32. The molecule has 0 fully saturated rings. The molecule has 3 rings (SSSR count). The molecule has 1 aromatic heterocycles. The Bertz CT molecular complexity index is 943. The highest BCUT2D eigenvalue weighted by atomic mass is 79.9. The summed E-state index contributed by atoms with van der Waals surface area (Å²) >= 11 is 4.83. The van der Waals surface area contributed by atoms with E-state index in [1.807, 2.05) is 58.5 Å². The number of nitrogens with zero attached hydrogens (tertiary/aromatic N) is 2. The molecule has 126 valence electrons. The van der Waals surface area contributed by atoms with Gasteiger partial charge in [-0.25, -0.2) is 5.43 Å². The van der Waals surface area contributed by atoms with Crippen LogP contribution in [0.25, 0.3) is 11.3 Å². The van der Waals surface area contributed by atoms with Crippen LogP contribution in [0.15, 0.2) is 82.2 Å². The van der Waals surface area contributed by atoms with Crippen molar-refractivity contribution in [3.05, 3.63) is 87.5 Å². The minimum atomic E-state index is -0.243. The maximum absolute atomic E-state index is 12.2. The fraction of sp³-hybridized carbons (Fsp3) is 0.0526. The lowest BCUT2D eigenvalue weighted by Gasteiger charge is -2.06. The fourth-order valence-corrected chi connectivity index (χ4v) is 3.47. The Morgan fingerprint density at radius 3 is 2.60 bits per heavy atom. The summed E-state index contributed by atoms with van der Waals surface area (Å²) in [4.78, 5) is 12.9. The second kappa shape index (κ2) is 8.09. The van der Waals surface area contributed by atoms with Crippen LogP contribution in [-0.2, 0) is 6.54 Å². The van der Waals surface area contributed by atoms with Crippen LogP contribution < -0.4 is 10.2 Å². The van der Waals surface area contributed by atoms with E-state index < -0.39 is 0 Å². The number of hydrogen-bond acceptors (Lipinski definition) is 3. The zero-order valence-electron chi connectivity index (χ0n) is 13.4. The van der Waals surface area contributed by atoms with E-state index in [1.165, 1.54) is 11.3 Å². The second-order valence-corrected chi connectivity index (χ2v) is 6.98. The number of benzene rings is 2. The summed E-state index contributed by atoms with van der Waals surface area (Å²) in [5.74, 6) is -0.243. The van der Waals surface area contributed by atoms with Crippen LogP contribution in [0.5, 0.6) is 0 Å². The molecule has 2 aromatic carbocycles. The molecule has 0 aliphatic rings. The number of aromatic nitrogens is 1. The number of carbonyl (C=O) groups is 1. The highest BCUT2D eigenvalue weighted by molar-refractivity contribution is 9.10. The lowest BCUT2D eigenvalue weighted by molar-refractivity contribution is 0.0953. The number of allylic oxidation sites excluding steroid dienone is 1. The van der Waals surface area contributed by atoms with E-state index in [1.54, 1.807) is 12.1 Å². The van der Waals surface area contributed by atoms with Crippen LogP contribution in [0.1, 0.15) is 10.4 Å². The smallest absolute Gasteiger partial charge is 0.271 e. The SMILES string of the molecule is C=CCn1c(-c2ccccc2)cs/c1=N\NC(=O)c1ccc(Br)cc1. The molecule has 0 radical (unpaired) electrons. The predicted octanol–water partition coefficient (Wildman–Crippen LogP) is 4.41. The van der Waals surface area contributed by atoms with Gasteiger partial charge in [0.05, 0.1) is 5.69 Å². The number of thiazole rings is 1. The quantitative estimate of drug-likeness (QED) is 0.488. The minimum absolute atomic E-state index is 0.243. The molecule has 4 nitrogen and oxygen atoms in total. The summed E-state index contributed by atoms with van der Waals surface area (Å²) < 4.78 is 2.95. The number of amides is 1. The number of halogens is 1. The molecule has 0 aliphatic carbocycles. The third-order valence-electron chi connectivity index (χ3n) is 3.54. The highest BCUT2D eigenvalue weighted by Gasteiger charge is 2.08. The van der Waals surface area contributed by atoms with Gasteiger partial charge in [0.15, 0.2) is 0 Å². The molecular weight excluding hydrogens is 398 g/mol. The van der Waals surface area contributed by atoms with E-state index in [9.17, 15) is 4.79 Å². The van der Waals surface area contributed by atoms with Crippen molar-refractivity contribution in [3.63, 3.8) is 0 Å². The van der Waals surface area contributed by atoms with Gasteiger partial charge < -0.3 is 4.57 Å². The van der Waals surface area contributed by atoms with Crippen molar-refractivity contribution in [1.82, 2.24) is 9.99 Å². The van der Waals surface area contributed by atoms with Gasteiger partial charge in [0.1, 0.15) is 0 Å². The van der Waals surface area contributed by atoms with Crippen LogP contribution in [0.4, 0.5) is 0 Å². The maximum Gasteiger partial charge on any atom is 0.271 e. The zero-order chi connectivity index (χ0) is 17.6. The van der Waals surface area contributed by atoms with Gasteiger partial charge in [0.25, 0.3) is 5.91 Å². The fourth-order valence-electron chi connectivity index (χ4n) is 2.33. The molecule has 0 atom stereocenters. The van der Waals surface area contributed by atoms with Crippen LogP contribution in [0, 0.1) is 0 Å². The van der Waals surface area contributed by atoms with E-state index in [-0.39, 0.29) is 5.91 Å². The van der Waals surface area contributed by atoms with Gasteiger partial charge in [-0.05, 0) is 29.8 Å². The molecule has 6 heteroatoms. The zero-order valence-corrected chi connectivity index (χ0v) is 15.8. The van der Waals surface area contributed by atoms with Crippen molar-refractivity contribution in [2.45, 2.75) is 6.54 Å². The van der Waals surface area contributed by atoms with E-state index >= 15 is 0 Å². The average Bonchev–Trinajstić information content (AvgIpc) is 3.04. The van der Waals surface area contributed by atoms with Crippen molar-refractivity contribution < 1.29 is 4.79 Å². The van der Waals surface area contributed by atoms with Gasteiger partial charge in [0, 0.05) is 22.0 Å². The molecule has 25 heavy (non-hydrogen) atoms. The summed E-state index contributed by atoms with van der Waals surface area (Å²) in [6, 6.07) is 17.2. The molecule has 1 N–H and O–H groups in total. The normalized spacial score (nSPS) is 11.3. The maximum atomic E-state index is 12.2. The third-order valence-corrected chi connectivity index (χ3v) is 4.93. The van der Waals surface area contributed by atoms with E-state index in [2.05, 4.69) is 33.0 Å². The molecule has 0 saturated carbocycles. The molecule has 0 spiro atoms. The Morgan fingerprint density at radius 2 is 1.92 bits per heavy atom. The van der Waals surface area contributed by atoms with Gasteiger partial charge in [0.2, 0.25) is 4.80 Å². The van der Waals surface area contributed by atoms with Gasteiger partial charge in [-0.1, -0.05) is 52.3 Å². The van der Waals surface area contributed by atoms with Crippen LogP contribution in [0.2, 0.25) is 0 Å². The Balaban J connectivity index is 1.90. The molecule has 0 bridgehead atoms. The predicted molar refractivity (Wildman–Crippen MR) is 105 cm³/mol. The van der Waals surface area contributed by atoms with E-state index in [4.69, 9.17) is 0 Å². The van der Waals surface area contributed by atoms with Crippen molar-refractivity contribution in [3.8, 4) is 11.3 Å². The lowest BCUT2D eigenvalue weighted by atomic mass is 10.2. The van der Waals surface area contributed by atoms with Crippen LogP contribution in [-0.4, -0.2) is 10.5 Å². The first-order valence-electron chi connectivity index (χ1n) is 7.63. The first-order chi connectivity index (χ1) is 12.2. The second-order valence-electron chi connectivity index (χ2n) is 5.23. The first-order valence-corrected chi connectivity index (χ1v) is 9.30. The molecular formula is C19H16BrN3OS.